The largest absolute Gasteiger partial charge is 0.489 e. The highest BCUT2D eigenvalue weighted by Gasteiger charge is 2.47. The van der Waals surface area contributed by atoms with E-state index in [1.165, 1.54) is 15.4 Å². The highest BCUT2D eigenvalue weighted by atomic mass is 16.5. The third-order valence-corrected chi connectivity index (χ3v) is 17.8. The van der Waals surface area contributed by atoms with Crippen LogP contribution in [0.25, 0.3) is 0 Å². The standard InChI is InChI=1S/C70H94N10O9/c1-14-72-42(3)61(82)76-57(68(4,5)6)65(86)78-59(70(10,11)12)66(87)79-38-48-35-50(34-33-47(48)36-55(79)63(84)74-53-27-19-23-44-21-15-17-25-51(44)53)89-40-43-29-31-46(32-30-43)62(83)73-49-37-56(64(85)75-54-28-20-24-45-22-16-18-26-52(45)54)80(39-49)67(88)58(69(7,8)9)77-60(81)41(2)71-13/h15-18,21-22,25-26,29-35,41-42,49,54-59,71-72H,14,19-20,23-24,27-28,36-40H2,1-13H3,(H,73,83)(H,75,85)(H,76,82)(H,77,81)(H,78,86)/t41-,42?,49?,54?,55?,56?,57?,58?,59?/m0/s1. The lowest BCUT2D eigenvalue weighted by Crippen LogP contribution is -2.63. The number of nitrogens with one attached hydrogen (secondary N) is 7. The predicted molar refractivity (Wildman–Crippen MR) is 344 cm³/mol. The second-order valence-electron chi connectivity index (χ2n) is 27.8. The molecule has 0 aromatic heterocycles. The normalized spacial score (nSPS) is 20.5. The van der Waals surface area contributed by atoms with Crippen molar-refractivity contribution >= 4 is 53.0 Å². The minimum atomic E-state index is -1.11. The lowest BCUT2D eigenvalue weighted by Gasteiger charge is -2.41. The molecular formula is C70H94N10O9. The van der Waals surface area contributed by atoms with Crippen LogP contribution in [0.2, 0.25) is 0 Å². The Morgan fingerprint density at radius 3 is 1.90 bits per heavy atom. The summed E-state index contributed by atoms with van der Waals surface area (Å²) in [5.41, 5.74) is 5.39. The second-order valence-corrected chi connectivity index (χ2v) is 27.8. The summed E-state index contributed by atoms with van der Waals surface area (Å²) in [7, 11) is 1.67. The second kappa shape index (κ2) is 28.4. The number of rotatable bonds is 19. The van der Waals surface area contributed by atoms with Crippen molar-refractivity contribution in [3.63, 3.8) is 0 Å². The fourth-order valence-corrected chi connectivity index (χ4v) is 12.4. The zero-order valence-electron chi connectivity index (χ0n) is 54.4. The van der Waals surface area contributed by atoms with Crippen molar-refractivity contribution in [3.8, 4) is 5.75 Å². The van der Waals surface area contributed by atoms with E-state index in [0.717, 1.165) is 65.5 Å². The first kappa shape index (κ1) is 67.2. The smallest absolute Gasteiger partial charge is 0.269 e. The van der Waals surface area contributed by atoms with Gasteiger partial charge < -0.3 is 51.8 Å². The van der Waals surface area contributed by atoms with E-state index < -0.39 is 88.2 Å². The lowest BCUT2D eigenvalue weighted by atomic mass is 9.82. The van der Waals surface area contributed by atoms with Gasteiger partial charge in [-0.2, -0.15) is 0 Å². The van der Waals surface area contributed by atoms with Crippen molar-refractivity contribution in [3.05, 3.63) is 136 Å². The molecule has 7 N–H and O–H groups in total. The Morgan fingerprint density at radius 2 is 1.24 bits per heavy atom. The third kappa shape index (κ3) is 16.4. The molecule has 89 heavy (non-hydrogen) atoms. The summed E-state index contributed by atoms with van der Waals surface area (Å²) in [6, 6.07) is 21.6. The number of aliphatic imine (C=N–C) groups is 1. The Hall–Kier alpha value is -7.77. The zero-order valence-corrected chi connectivity index (χ0v) is 54.4. The average molecular weight is 1220 g/mol. The highest BCUT2D eigenvalue weighted by Crippen LogP contribution is 2.35. The van der Waals surface area contributed by atoms with Gasteiger partial charge in [0.25, 0.3) is 11.8 Å². The number of likely N-dealkylation sites (tertiary alicyclic amines) is 1. The van der Waals surface area contributed by atoms with E-state index in [1.807, 2.05) is 130 Å². The summed E-state index contributed by atoms with van der Waals surface area (Å²) in [4.78, 5) is 122. The molecule has 8 unspecified atom stereocenters. The summed E-state index contributed by atoms with van der Waals surface area (Å²) < 4.78 is 6.38. The molecule has 19 nitrogen and oxygen atoms in total. The van der Waals surface area contributed by atoms with Gasteiger partial charge in [0.05, 0.1) is 23.8 Å². The first-order chi connectivity index (χ1) is 42.1. The third-order valence-electron chi connectivity index (χ3n) is 17.8. The minimum Gasteiger partial charge on any atom is -0.489 e. The molecule has 0 radical (unpaired) electrons. The van der Waals surface area contributed by atoms with Crippen LogP contribution in [0.15, 0.2) is 96.0 Å². The molecule has 2 aliphatic heterocycles. The Bertz CT molecular complexity index is 3300. The monoisotopic (exact) mass is 1220 g/mol. The van der Waals surface area contributed by atoms with E-state index in [1.54, 1.807) is 45.2 Å². The number of hydrogen-bond acceptors (Lipinski definition) is 11. The van der Waals surface area contributed by atoms with E-state index in [9.17, 15) is 33.6 Å². The van der Waals surface area contributed by atoms with Gasteiger partial charge in [-0.15, -0.1) is 0 Å². The number of aryl methyl sites for hydroxylation is 2. The molecule has 4 aliphatic rings. The van der Waals surface area contributed by atoms with Gasteiger partial charge in [0.1, 0.15) is 42.6 Å². The van der Waals surface area contributed by atoms with Crippen LogP contribution >= 0.6 is 0 Å². The van der Waals surface area contributed by atoms with Crippen molar-refractivity contribution in [1.82, 2.24) is 47.0 Å². The number of fused-ring (bicyclic) bond motifs is 3. The fraction of sp³-hybridized carbons (Fsp3) is 0.529. The van der Waals surface area contributed by atoms with E-state index >= 15 is 4.79 Å². The number of carbonyl (C=O) groups excluding carboxylic acids is 8. The van der Waals surface area contributed by atoms with Crippen molar-refractivity contribution in [2.75, 3.05) is 20.1 Å². The van der Waals surface area contributed by atoms with E-state index in [4.69, 9.17) is 9.73 Å². The molecule has 0 spiro atoms. The van der Waals surface area contributed by atoms with Crippen LogP contribution in [0, 0.1) is 16.2 Å². The molecule has 8 rings (SSSR count). The molecule has 1 saturated heterocycles. The minimum absolute atomic E-state index is 0.0200. The maximum Gasteiger partial charge on any atom is 0.269 e. The summed E-state index contributed by atoms with van der Waals surface area (Å²) in [5.74, 6) is -2.74. The van der Waals surface area contributed by atoms with Crippen LogP contribution in [0.4, 0.5) is 0 Å². The first-order valence-corrected chi connectivity index (χ1v) is 31.7. The summed E-state index contributed by atoms with van der Waals surface area (Å²) >= 11 is 0. The van der Waals surface area contributed by atoms with Gasteiger partial charge >= 0.3 is 0 Å². The number of ether oxygens (including phenoxy) is 1. The Balaban J connectivity index is 0.986. The zero-order chi connectivity index (χ0) is 64.7. The quantitative estimate of drug-likeness (QED) is 0.0506. The predicted octanol–water partition coefficient (Wildman–Crippen LogP) is 6.96. The maximum absolute atomic E-state index is 15.4. The molecule has 1 fully saturated rings. The SMILES string of the molecule is CCNC(C)C(=O)NC(C(=O)NC(C(=O)N1Cc2cc(OCc3ccc(C(=O)NC4CC(C(=O)NC5CCCc6ccccc65)N(C(=O)C(NC(=O)[C@H](C)NC)C(C)(C)C)C4)cc3)ccc2CC1C(=O)N=C1CCCc2ccccc21)C(C)(C)C)C(C)(C)C. The topological polar surface area (TPSA) is 249 Å². The number of likely N-dealkylation sites (N-methyl/N-ethyl adjacent to an activating group) is 2. The van der Waals surface area contributed by atoms with Crippen molar-refractivity contribution < 1.29 is 43.1 Å². The van der Waals surface area contributed by atoms with Crippen LogP contribution < -0.4 is 42.0 Å². The molecule has 4 aromatic carbocycles. The molecule has 9 atom stereocenters. The number of benzene rings is 4. The van der Waals surface area contributed by atoms with Crippen LogP contribution in [0.3, 0.4) is 0 Å². The summed E-state index contributed by atoms with van der Waals surface area (Å²) in [6.07, 6.45) is 5.23. The molecule has 2 heterocycles. The van der Waals surface area contributed by atoms with E-state index in [2.05, 4.69) is 43.3 Å². The van der Waals surface area contributed by atoms with Gasteiger partial charge in [-0.25, -0.2) is 4.99 Å². The van der Waals surface area contributed by atoms with Crippen LogP contribution in [-0.2, 0) is 66.0 Å². The van der Waals surface area contributed by atoms with Crippen LogP contribution in [-0.4, -0.2) is 131 Å². The summed E-state index contributed by atoms with van der Waals surface area (Å²) in [6.45, 7) is 22.8. The maximum atomic E-state index is 15.4. The Kier molecular flexibility index (Phi) is 21.4. The van der Waals surface area contributed by atoms with Gasteiger partial charge in [0.15, 0.2) is 0 Å². The molecule has 0 bridgehead atoms. The van der Waals surface area contributed by atoms with Gasteiger partial charge in [-0.05, 0) is 152 Å². The van der Waals surface area contributed by atoms with Gasteiger partial charge in [0.2, 0.25) is 35.4 Å². The van der Waals surface area contributed by atoms with E-state index in [0.29, 0.717) is 30.0 Å². The van der Waals surface area contributed by atoms with E-state index in [-0.39, 0.29) is 62.2 Å². The van der Waals surface area contributed by atoms with Gasteiger partial charge in [-0.3, -0.25) is 38.4 Å². The number of hydrogen-bond donors (Lipinski definition) is 7. The number of carbonyl (C=O) groups is 8. The van der Waals surface area contributed by atoms with Crippen molar-refractivity contribution in [2.24, 2.45) is 21.2 Å². The van der Waals surface area contributed by atoms with Crippen molar-refractivity contribution in [2.45, 2.75) is 202 Å². The Labute approximate surface area is 525 Å². The van der Waals surface area contributed by atoms with Crippen LogP contribution in [0.5, 0.6) is 5.75 Å². The number of nitrogens with zero attached hydrogens (tertiary/aromatic N) is 3. The van der Waals surface area contributed by atoms with Crippen molar-refractivity contribution in [1.29, 1.82) is 0 Å². The molecule has 2 aliphatic carbocycles. The molecule has 19 heteroatoms. The Morgan fingerprint density at radius 1 is 0.629 bits per heavy atom. The van der Waals surface area contributed by atoms with Crippen LogP contribution in [0.1, 0.15) is 171 Å². The van der Waals surface area contributed by atoms with Gasteiger partial charge in [-0.1, -0.05) is 136 Å². The summed E-state index contributed by atoms with van der Waals surface area (Å²) in [5, 5.41) is 21.3. The fourth-order valence-electron chi connectivity index (χ4n) is 12.4. The molecule has 4 aromatic rings. The lowest BCUT2D eigenvalue weighted by molar-refractivity contribution is -0.147. The molecule has 478 valence electrons. The number of amides is 8. The first-order valence-electron chi connectivity index (χ1n) is 31.7. The van der Waals surface area contributed by atoms with Gasteiger partial charge in [0, 0.05) is 31.1 Å². The molecular weight excluding hydrogens is 1120 g/mol. The molecule has 8 amide bonds. The average Bonchev–Trinajstić information content (AvgIpc) is 1.75. The highest BCUT2D eigenvalue weighted by molar-refractivity contribution is 6.09. The molecule has 0 saturated carbocycles.